The van der Waals surface area contributed by atoms with Crippen molar-refractivity contribution >= 4 is 5.97 Å². The number of hydrogen-bond acceptors (Lipinski definition) is 4. The van der Waals surface area contributed by atoms with Gasteiger partial charge in [-0.2, -0.15) is 0 Å². The molecule has 0 heterocycles. The van der Waals surface area contributed by atoms with Crippen LogP contribution in [0, 0.1) is 0 Å². The van der Waals surface area contributed by atoms with Gasteiger partial charge < -0.3 is 14.7 Å². The SMILES string of the molecule is C=C(C)C(=O)OCCCN(CC)CCO.F. The molecule has 96 valence electrons. The van der Waals surface area contributed by atoms with Gasteiger partial charge in [-0.05, 0) is 19.9 Å². The van der Waals surface area contributed by atoms with Crippen LogP contribution in [-0.4, -0.2) is 48.8 Å². The molecule has 0 fully saturated rings. The molecule has 0 aromatic heterocycles. The average molecular weight is 235 g/mol. The second kappa shape index (κ2) is 10.6. The predicted octanol–water partition coefficient (Wildman–Crippen LogP) is 0.962. The third-order valence-corrected chi connectivity index (χ3v) is 2.06. The van der Waals surface area contributed by atoms with Crippen LogP contribution in [0.25, 0.3) is 0 Å². The molecule has 0 aliphatic heterocycles. The minimum absolute atomic E-state index is 0. The lowest BCUT2D eigenvalue weighted by atomic mass is 10.3. The molecular formula is C11H22FNO3. The quantitative estimate of drug-likeness (QED) is 0.387. The highest BCUT2D eigenvalue weighted by molar-refractivity contribution is 5.86. The molecule has 1 N–H and O–H groups in total. The van der Waals surface area contributed by atoms with Crippen LogP contribution in [0.4, 0.5) is 4.70 Å². The zero-order valence-corrected chi connectivity index (χ0v) is 10.1. The smallest absolute Gasteiger partial charge is 0.333 e. The van der Waals surface area contributed by atoms with E-state index in [0.717, 1.165) is 19.5 Å². The third kappa shape index (κ3) is 8.38. The molecule has 0 spiro atoms. The largest absolute Gasteiger partial charge is 0.462 e. The Hall–Kier alpha value is -0.940. The van der Waals surface area contributed by atoms with Crippen LogP contribution in [0.5, 0.6) is 0 Å². The fourth-order valence-corrected chi connectivity index (χ4v) is 1.15. The van der Waals surface area contributed by atoms with Gasteiger partial charge in [0.15, 0.2) is 0 Å². The van der Waals surface area contributed by atoms with E-state index in [1.165, 1.54) is 0 Å². The number of carbonyl (C=O) groups is 1. The Labute approximate surface area is 96.3 Å². The van der Waals surface area contributed by atoms with E-state index in [1.807, 2.05) is 6.92 Å². The van der Waals surface area contributed by atoms with Crippen molar-refractivity contribution in [2.45, 2.75) is 20.3 Å². The Morgan fingerprint density at radius 1 is 1.44 bits per heavy atom. The number of carbonyl (C=O) groups excluding carboxylic acids is 1. The number of aliphatic hydroxyl groups is 1. The Morgan fingerprint density at radius 2 is 2.06 bits per heavy atom. The third-order valence-electron chi connectivity index (χ3n) is 2.06. The lowest BCUT2D eigenvalue weighted by molar-refractivity contribution is -0.139. The zero-order valence-electron chi connectivity index (χ0n) is 10.1. The Morgan fingerprint density at radius 3 is 2.50 bits per heavy atom. The second-order valence-electron chi connectivity index (χ2n) is 3.43. The summed E-state index contributed by atoms with van der Waals surface area (Å²) in [6.07, 6.45) is 0.785. The molecule has 0 amide bonds. The van der Waals surface area contributed by atoms with Crippen LogP contribution in [0.1, 0.15) is 20.3 Å². The normalized spacial score (nSPS) is 9.75. The number of ether oxygens (including phenoxy) is 1. The van der Waals surface area contributed by atoms with Gasteiger partial charge in [-0.15, -0.1) is 0 Å². The lowest BCUT2D eigenvalue weighted by Crippen LogP contribution is -2.28. The fraction of sp³-hybridized carbons (Fsp3) is 0.727. The highest BCUT2D eigenvalue weighted by Crippen LogP contribution is 1.95. The first kappa shape index (κ1) is 17.5. The van der Waals surface area contributed by atoms with Gasteiger partial charge in [0.2, 0.25) is 0 Å². The molecule has 0 atom stereocenters. The van der Waals surface area contributed by atoms with Gasteiger partial charge in [0.1, 0.15) is 0 Å². The van der Waals surface area contributed by atoms with E-state index in [9.17, 15) is 4.79 Å². The molecule has 0 radical (unpaired) electrons. The summed E-state index contributed by atoms with van der Waals surface area (Å²) in [5, 5.41) is 8.75. The van der Waals surface area contributed by atoms with Gasteiger partial charge in [-0.25, -0.2) is 4.79 Å². The van der Waals surface area contributed by atoms with Gasteiger partial charge in [0.05, 0.1) is 13.2 Å². The zero-order chi connectivity index (χ0) is 11.7. The van der Waals surface area contributed by atoms with Gasteiger partial charge in [-0.1, -0.05) is 13.5 Å². The number of rotatable bonds is 8. The van der Waals surface area contributed by atoms with E-state index in [2.05, 4.69) is 11.5 Å². The van der Waals surface area contributed by atoms with Crippen molar-refractivity contribution in [2.24, 2.45) is 0 Å². The van der Waals surface area contributed by atoms with Crippen molar-refractivity contribution in [3.63, 3.8) is 0 Å². The van der Waals surface area contributed by atoms with E-state index in [-0.39, 0.29) is 17.3 Å². The van der Waals surface area contributed by atoms with E-state index in [0.29, 0.717) is 18.7 Å². The molecule has 4 nitrogen and oxygen atoms in total. The van der Waals surface area contributed by atoms with E-state index in [4.69, 9.17) is 9.84 Å². The average Bonchev–Trinajstić information content (AvgIpc) is 2.22. The molecule has 0 bridgehead atoms. The molecule has 0 aliphatic rings. The molecule has 0 saturated carbocycles. The van der Waals surface area contributed by atoms with Crippen LogP contribution in [0.2, 0.25) is 0 Å². The summed E-state index contributed by atoms with van der Waals surface area (Å²) in [5.74, 6) is -0.333. The van der Waals surface area contributed by atoms with Gasteiger partial charge in [-0.3, -0.25) is 4.70 Å². The lowest BCUT2D eigenvalue weighted by Gasteiger charge is -2.18. The summed E-state index contributed by atoms with van der Waals surface area (Å²) in [6.45, 7) is 10.1. The Balaban J connectivity index is 0. The maximum atomic E-state index is 11.0. The summed E-state index contributed by atoms with van der Waals surface area (Å²) in [7, 11) is 0. The van der Waals surface area contributed by atoms with Crippen molar-refractivity contribution in [1.82, 2.24) is 4.90 Å². The van der Waals surface area contributed by atoms with E-state index >= 15 is 0 Å². The highest BCUT2D eigenvalue weighted by atomic mass is 19.0. The van der Waals surface area contributed by atoms with Crippen molar-refractivity contribution in [3.8, 4) is 0 Å². The van der Waals surface area contributed by atoms with Crippen molar-refractivity contribution in [2.75, 3.05) is 32.8 Å². The minimum Gasteiger partial charge on any atom is -0.462 e. The van der Waals surface area contributed by atoms with Crippen LogP contribution in [0.3, 0.4) is 0 Å². The molecule has 0 aromatic rings. The first-order valence-corrected chi connectivity index (χ1v) is 5.27. The molecule has 16 heavy (non-hydrogen) atoms. The standard InChI is InChI=1S/C11H21NO3.FH/c1-4-12(7-8-13)6-5-9-15-11(14)10(2)3;/h13H,2,4-9H2,1,3H3;1H. The predicted molar refractivity (Wildman–Crippen MR) is 62.1 cm³/mol. The van der Waals surface area contributed by atoms with Crippen molar-refractivity contribution < 1.29 is 19.3 Å². The van der Waals surface area contributed by atoms with Crippen LogP contribution >= 0.6 is 0 Å². The number of esters is 1. The van der Waals surface area contributed by atoms with Crippen LogP contribution in [0.15, 0.2) is 12.2 Å². The maximum Gasteiger partial charge on any atom is 0.333 e. The molecule has 0 rings (SSSR count). The molecule has 0 aromatic carbocycles. The van der Waals surface area contributed by atoms with Crippen LogP contribution in [-0.2, 0) is 9.53 Å². The number of halogens is 1. The molecule has 5 heteroatoms. The van der Waals surface area contributed by atoms with Gasteiger partial charge >= 0.3 is 5.97 Å². The van der Waals surface area contributed by atoms with E-state index < -0.39 is 0 Å². The number of hydrogen-bond donors (Lipinski definition) is 1. The summed E-state index contributed by atoms with van der Waals surface area (Å²) in [4.78, 5) is 13.1. The second-order valence-corrected chi connectivity index (χ2v) is 3.43. The molecule has 0 unspecified atom stereocenters. The summed E-state index contributed by atoms with van der Waals surface area (Å²) in [6, 6.07) is 0. The topological polar surface area (TPSA) is 49.8 Å². The number of nitrogens with zero attached hydrogens (tertiary/aromatic N) is 1. The van der Waals surface area contributed by atoms with E-state index in [1.54, 1.807) is 6.92 Å². The summed E-state index contributed by atoms with van der Waals surface area (Å²) in [5.41, 5.74) is 0.428. The monoisotopic (exact) mass is 235 g/mol. The fourth-order valence-electron chi connectivity index (χ4n) is 1.15. The summed E-state index contributed by atoms with van der Waals surface area (Å²) >= 11 is 0. The van der Waals surface area contributed by atoms with Gasteiger partial charge in [0, 0.05) is 18.7 Å². The van der Waals surface area contributed by atoms with Crippen molar-refractivity contribution in [1.29, 1.82) is 0 Å². The van der Waals surface area contributed by atoms with Crippen LogP contribution < -0.4 is 0 Å². The number of aliphatic hydroxyl groups excluding tert-OH is 1. The Kier molecular flexibility index (Phi) is 11.5. The number of likely N-dealkylation sites (N-methyl/N-ethyl adjacent to an activating group) is 1. The minimum atomic E-state index is -0.333. The highest BCUT2D eigenvalue weighted by Gasteiger charge is 2.04. The first-order valence-electron chi connectivity index (χ1n) is 5.27. The first-order chi connectivity index (χ1) is 7.11. The summed E-state index contributed by atoms with van der Waals surface area (Å²) < 4.78 is 4.95. The molecule has 0 saturated heterocycles. The molecular weight excluding hydrogens is 213 g/mol. The molecule has 0 aliphatic carbocycles. The Bertz CT molecular complexity index is 209. The van der Waals surface area contributed by atoms with Gasteiger partial charge in [0.25, 0.3) is 0 Å². The maximum absolute atomic E-state index is 11.0. The van der Waals surface area contributed by atoms with Crippen molar-refractivity contribution in [3.05, 3.63) is 12.2 Å².